The second-order valence-electron chi connectivity index (χ2n) is 5.28. The molecule has 0 aliphatic carbocycles. The van der Waals surface area contributed by atoms with Crippen LogP contribution in [0.2, 0.25) is 0 Å². The molecule has 1 N–H and O–H groups in total. The van der Waals surface area contributed by atoms with E-state index < -0.39 is 0 Å². The second-order valence-corrected chi connectivity index (χ2v) is 5.28. The molecule has 1 atom stereocenters. The zero-order valence-corrected chi connectivity index (χ0v) is 11.5. The second kappa shape index (κ2) is 5.45. The van der Waals surface area contributed by atoms with E-state index in [2.05, 4.69) is 19.9 Å². The van der Waals surface area contributed by atoms with Crippen molar-refractivity contribution in [2.24, 2.45) is 0 Å². The highest BCUT2D eigenvalue weighted by atomic mass is 16.1. The van der Waals surface area contributed by atoms with Gasteiger partial charge >= 0.3 is 0 Å². The molecule has 0 saturated heterocycles. The predicted octanol–water partition coefficient (Wildman–Crippen LogP) is 1.26. The van der Waals surface area contributed by atoms with Crippen LogP contribution in [0.4, 0.5) is 0 Å². The van der Waals surface area contributed by atoms with Gasteiger partial charge in [-0.3, -0.25) is 9.78 Å². The zero-order chi connectivity index (χ0) is 13.9. The molecule has 5 nitrogen and oxygen atoms in total. The number of amides is 1. The largest absolute Gasteiger partial charge is 0.351 e. The van der Waals surface area contributed by atoms with Crippen molar-refractivity contribution in [1.29, 1.82) is 0 Å². The van der Waals surface area contributed by atoms with Gasteiger partial charge in [0.15, 0.2) is 0 Å². The molecule has 1 aliphatic rings. The first-order valence-electron chi connectivity index (χ1n) is 6.91. The number of pyridine rings is 1. The van der Waals surface area contributed by atoms with Crippen molar-refractivity contribution in [2.45, 2.75) is 38.8 Å². The topological polar surface area (TPSA) is 59.8 Å². The van der Waals surface area contributed by atoms with Crippen LogP contribution < -0.4 is 5.32 Å². The summed E-state index contributed by atoms with van der Waals surface area (Å²) in [6, 6.07) is 4.08. The summed E-state index contributed by atoms with van der Waals surface area (Å²) in [5.74, 6) is 1.17. The van der Waals surface area contributed by atoms with Crippen LogP contribution in [0.5, 0.6) is 0 Å². The van der Waals surface area contributed by atoms with Gasteiger partial charge in [0.1, 0.15) is 5.82 Å². The molecule has 0 spiro atoms. The fourth-order valence-electron chi connectivity index (χ4n) is 2.55. The molecule has 1 aliphatic heterocycles. The number of imidazole rings is 1. The molecule has 104 valence electrons. The van der Waals surface area contributed by atoms with Crippen molar-refractivity contribution in [3.05, 3.63) is 47.8 Å². The minimum Gasteiger partial charge on any atom is -0.351 e. The number of nitrogens with one attached hydrogen (secondary N) is 1. The quantitative estimate of drug-likeness (QED) is 0.913. The highest BCUT2D eigenvalue weighted by Crippen LogP contribution is 2.13. The summed E-state index contributed by atoms with van der Waals surface area (Å²) in [7, 11) is 0. The first-order chi connectivity index (χ1) is 9.70. The molecule has 1 amide bonds. The summed E-state index contributed by atoms with van der Waals surface area (Å²) in [5.41, 5.74) is 1.92. The Balaban J connectivity index is 1.56. The van der Waals surface area contributed by atoms with Crippen LogP contribution in [0.15, 0.2) is 30.7 Å². The van der Waals surface area contributed by atoms with Crippen molar-refractivity contribution in [3.8, 4) is 0 Å². The van der Waals surface area contributed by atoms with Gasteiger partial charge in [0, 0.05) is 43.3 Å². The van der Waals surface area contributed by atoms with Crippen LogP contribution in [-0.2, 0) is 24.2 Å². The van der Waals surface area contributed by atoms with Crippen molar-refractivity contribution in [3.63, 3.8) is 0 Å². The van der Waals surface area contributed by atoms with E-state index in [1.165, 1.54) is 0 Å². The molecular formula is C15H18N4O. The predicted molar refractivity (Wildman–Crippen MR) is 75.2 cm³/mol. The highest BCUT2D eigenvalue weighted by Gasteiger charge is 2.20. The van der Waals surface area contributed by atoms with Gasteiger partial charge in [-0.15, -0.1) is 0 Å². The van der Waals surface area contributed by atoms with Gasteiger partial charge < -0.3 is 9.88 Å². The molecule has 5 heteroatoms. The van der Waals surface area contributed by atoms with E-state index >= 15 is 0 Å². The summed E-state index contributed by atoms with van der Waals surface area (Å²) < 4.78 is 2.11. The van der Waals surface area contributed by atoms with Gasteiger partial charge in [0.05, 0.1) is 6.42 Å². The zero-order valence-electron chi connectivity index (χ0n) is 11.5. The first-order valence-corrected chi connectivity index (χ1v) is 6.91. The van der Waals surface area contributed by atoms with Crippen LogP contribution in [0.25, 0.3) is 0 Å². The van der Waals surface area contributed by atoms with Gasteiger partial charge in [0.2, 0.25) is 5.91 Å². The fraction of sp³-hybridized carbons (Fsp3) is 0.400. The molecule has 0 radical (unpaired) electrons. The number of hydrogen-bond acceptors (Lipinski definition) is 3. The average Bonchev–Trinajstić information content (AvgIpc) is 2.89. The van der Waals surface area contributed by atoms with E-state index in [4.69, 9.17) is 0 Å². The van der Waals surface area contributed by atoms with Crippen LogP contribution in [0, 0.1) is 6.92 Å². The third kappa shape index (κ3) is 2.87. The summed E-state index contributed by atoms with van der Waals surface area (Å²) in [4.78, 5) is 20.5. The smallest absolute Gasteiger partial charge is 0.224 e. The van der Waals surface area contributed by atoms with Gasteiger partial charge in [0.25, 0.3) is 0 Å². The Bertz CT molecular complexity index is 603. The lowest BCUT2D eigenvalue weighted by Crippen LogP contribution is -2.41. The molecular weight excluding hydrogens is 252 g/mol. The maximum Gasteiger partial charge on any atom is 0.224 e. The maximum atomic E-state index is 12.1. The minimum absolute atomic E-state index is 0.0595. The van der Waals surface area contributed by atoms with E-state index in [1.54, 1.807) is 6.20 Å². The Kier molecular flexibility index (Phi) is 3.50. The fourth-order valence-corrected chi connectivity index (χ4v) is 2.55. The lowest BCUT2D eigenvalue weighted by molar-refractivity contribution is -0.121. The Morgan fingerprint density at radius 3 is 3.15 bits per heavy atom. The van der Waals surface area contributed by atoms with Crippen LogP contribution in [0.1, 0.15) is 23.5 Å². The highest BCUT2D eigenvalue weighted by molar-refractivity contribution is 5.78. The molecule has 3 heterocycles. The number of aromatic nitrogens is 3. The monoisotopic (exact) mass is 270 g/mol. The Hall–Kier alpha value is -2.17. The van der Waals surface area contributed by atoms with Crippen molar-refractivity contribution in [1.82, 2.24) is 19.9 Å². The number of fused-ring (bicyclic) bond motifs is 1. The summed E-state index contributed by atoms with van der Waals surface area (Å²) in [5, 5.41) is 3.10. The SMILES string of the molecule is Cc1ccc(CC(=O)N[C@@H]2CCc3nccn3C2)cn1. The molecule has 2 aromatic heterocycles. The number of carbonyl (C=O) groups excluding carboxylic acids is 1. The maximum absolute atomic E-state index is 12.1. The first kappa shape index (κ1) is 12.8. The molecule has 0 unspecified atom stereocenters. The Labute approximate surface area is 118 Å². The van der Waals surface area contributed by atoms with Crippen molar-refractivity contribution >= 4 is 5.91 Å². The third-order valence-electron chi connectivity index (χ3n) is 3.64. The summed E-state index contributed by atoms with van der Waals surface area (Å²) in [6.45, 7) is 2.75. The Morgan fingerprint density at radius 1 is 1.45 bits per heavy atom. The van der Waals surface area contributed by atoms with Crippen LogP contribution >= 0.6 is 0 Å². The van der Waals surface area contributed by atoms with Crippen molar-refractivity contribution in [2.75, 3.05) is 0 Å². The normalized spacial score (nSPS) is 17.6. The number of aryl methyl sites for hydroxylation is 2. The van der Waals surface area contributed by atoms with Gasteiger partial charge in [-0.2, -0.15) is 0 Å². The number of hydrogen-bond donors (Lipinski definition) is 1. The summed E-state index contributed by atoms with van der Waals surface area (Å²) >= 11 is 0. The summed E-state index contributed by atoms with van der Waals surface area (Å²) in [6.07, 6.45) is 7.82. The van der Waals surface area contributed by atoms with Gasteiger partial charge in [-0.05, 0) is 25.0 Å². The van der Waals surface area contributed by atoms with Crippen LogP contribution in [0.3, 0.4) is 0 Å². The molecule has 0 bridgehead atoms. The Morgan fingerprint density at radius 2 is 2.35 bits per heavy atom. The molecule has 2 aromatic rings. The lowest BCUT2D eigenvalue weighted by Gasteiger charge is -2.24. The third-order valence-corrected chi connectivity index (χ3v) is 3.64. The van der Waals surface area contributed by atoms with E-state index in [-0.39, 0.29) is 11.9 Å². The number of rotatable bonds is 3. The van der Waals surface area contributed by atoms with E-state index in [9.17, 15) is 4.79 Å². The van der Waals surface area contributed by atoms with Crippen LogP contribution in [-0.4, -0.2) is 26.5 Å². The van der Waals surface area contributed by atoms with Crippen molar-refractivity contribution < 1.29 is 4.79 Å². The van der Waals surface area contributed by atoms with E-state index in [0.29, 0.717) is 6.42 Å². The molecule has 0 aromatic carbocycles. The van der Waals surface area contributed by atoms with E-state index in [0.717, 1.165) is 36.5 Å². The lowest BCUT2D eigenvalue weighted by atomic mass is 10.1. The van der Waals surface area contributed by atoms with Gasteiger partial charge in [-0.1, -0.05) is 6.07 Å². The van der Waals surface area contributed by atoms with E-state index in [1.807, 2.05) is 31.5 Å². The standard InChI is InChI=1S/C15H18N4O/c1-11-2-3-12(9-17-11)8-15(20)18-13-4-5-14-16-6-7-19(14)10-13/h2-3,6-7,9,13H,4-5,8,10H2,1H3,(H,18,20)/t13-/m1/s1. The minimum atomic E-state index is 0.0595. The molecule has 0 fully saturated rings. The van der Waals surface area contributed by atoms with Gasteiger partial charge in [-0.25, -0.2) is 4.98 Å². The average molecular weight is 270 g/mol. The molecule has 3 rings (SSSR count). The number of nitrogens with zero attached hydrogens (tertiary/aromatic N) is 3. The molecule has 20 heavy (non-hydrogen) atoms. The number of carbonyl (C=O) groups is 1. The molecule has 0 saturated carbocycles.